The Hall–Kier alpha value is -0.700. The van der Waals surface area contributed by atoms with Crippen molar-refractivity contribution in [3.63, 3.8) is 0 Å². The van der Waals surface area contributed by atoms with Gasteiger partial charge in [-0.15, -0.1) is 0 Å². The van der Waals surface area contributed by atoms with Crippen LogP contribution in [0.2, 0.25) is 0 Å². The van der Waals surface area contributed by atoms with E-state index in [-0.39, 0.29) is 6.35 Å². The van der Waals surface area contributed by atoms with Crippen LogP contribution >= 0.6 is 0 Å². The van der Waals surface area contributed by atoms with Crippen LogP contribution in [0.4, 0.5) is 0 Å². The molecule has 1 saturated heterocycles. The van der Waals surface area contributed by atoms with Crippen molar-refractivity contribution in [2.75, 3.05) is 20.2 Å². The van der Waals surface area contributed by atoms with E-state index in [0.29, 0.717) is 0 Å². The Morgan fingerprint density at radius 3 is 3.22 bits per heavy atom. The Balaban J connectivity index is 2.15. The second kappa shape index (κ2) is 1.64. The maximum absolute atomic E-state index is 5.38. The second-order valence-corrected chi connectivity index (χ2v) is 2.40. The Kier molecular flexibility index (Phi) is 0.931. The van der Waals surface area contributed by atoms with Crippen LogP contribution in [0.25, 0.3) is 0 Å². The molecule has 1 fully saturated rings. The Morgan fingerprint density at radius 2 is 2.44 bits per heavy atom. The van der Waals surface area contributed by atoms with Gasteiger partial charge in [0.2, 0.25) is 6.35 Å². The van der Waals surface area contributed by atoms with E-state index in [0.717, 1.165) is 13.2 Å². The van der Waals surface area contributed by atoms with E-state index in [1.807, 2.05) is 13.2 Å². The standard InChI is InChI=1S/C6H10N2O/c1-7-2-3-8-4-5-9-6(7)8/h2-3,6H,4-5H2,1H3. The first-order chi connectivity index (χ1) is 4.38. The van der Waals surface area contributed by atoms with Gasteiger partial charge >= 0.3 is 0 Å². The largest absolute Gasteiger partial charge is 0.338 e. The fraction of sp³-hybridized carbons (Fsp3) is 0.667. The highest BCUT2D eigenvalue weighted by Gasteiger charge is 2.28. The van der Waals surface area contributed by atoms with Gasteiger partial charge in [0.25, 0.3) is 0 Å². The van der Waals surface area contributed by atoms with Crippen LogP contribution in [0.15, 0.2) is 12.4 Å². The average Bonchev–Trinajstić information content (AvgIpc) is 2.35. The summed E-state index contributed by atoms with van der Waals surface area (Å²) < 4.78 is 5.38. The summed E-state index contributed by atoms with van der Waals surface area (Å²) in [5.74, 6) is 0. The average molecular weight is 126 g/mol. The molecule has 2 heterocycles. The fourth-order valence-corrected chi connectivity index (χ4v) is 1.23. The Morgan fingerprint density at radius 1 is 1.56 bits per heavy atom. The molecule has 0 aliphatic carbocycles. The van der Waals surface area contributed by atoms with Gasteiger partial charge in [-0.1, -0.05) is 0 Å². The van der Waals surface area contributed by atoms with Crippen molar-refractivity contribution in [1.82, 2.24) is 9.80 Å². The van der Waals surface area contributed by atoms with Crippen molar-refractivity contribution < 1.29 is 4.74 Å². The number of hydrogen-bond donors (Lipinski definition) is 0. The SMILES string of the molecule is CN1C=CN2CCOC12. The topological polar surface area (TPSA) is 15.7 Å². The molecule has 0 radical (unpaired) electrons. The summed E-state index contributed by atoms with van der Waals surface area (Å²) in [5.41, 5.74) is 0. The Bertz CT molecular complexity index is 146. The van der Waals surface area contributed by atoms with Crippen molar-refractivity contribution >= 4 is 0 Å². The minimum atomic E-state index is 0.199. The molecule has 0 saturated carbocycles. The normalized spacial score (nSPS) is 31.9. The van der Waals surface area contributed by atoms with E-state index < -0.39 is 0 Å². The van der Waals surface area contributed by atoms with Crippen LogP contribution in [-0.2, 0) is 4.74 Å². The highest BCUT2D eigenvalue weighted by molar-refractivity contribution is 4.93. The molecule has 1 unspecified atom stereocenters. The zero-order valence-electron chi connectivity index (χ0n) is 5.45. The second-order valence-electron chi connectivity index (χ2n) is 2.40. The molecule has 2 rings (SSSR count). The van der Waals surface area contributed by atoms with Crippen molar-refractivity contribution in [2.24, 2.45) is 0 Å². The lowest BCUT2D eigenvalue weighted by Crippen LogP contribution is -2.31. The third kappa shape index (κ3) is 0.612. The molecule has 0 aromatic rings. The Labute approximate surface area is 54.5 Å². The molecule has 1 atom stereocenters. The van der Waals surface area contributed by atoms with Gasteiger partial charge in [0.1, 0.15) is 0 Å². The van der Waals surface area contributed by atoms with E-state index in [4.69, 9.17) is 4.74 Å². The molecule has 2 aliphatic heterocycles. The number of hydrogen-bond acceptors (Lipinski definition) is 3. The molecule has 0 bridgehead atoms. The van der Waals surface area contributed by atoms with Crippen LogP contribution in [0.1, 0.15) is 0 Å². The number of nitrogens with zero attached hydrogens (tertiary/aromatic N) is 2. The van der Waals surface area contributed by atoms with Gasteiger partial charge in [0, 0.05) is 26.0 Å². The van der Waals surface area contributed by atoms with Crippen LogP contribution in [0, 0.1) is 0 Å². The van der Waals surface area contributed by atoms with E-state index in [2.05, 4.69) is 16.0 Å². The van der Waals surface area contributed by atoms with E-state index in [1.165, 1.54) is 0 Å². The van der Waals surface area contributed by atoms with Gasteiger partial charge in [-0.2, -0.15) is 0 Å². The number of ether oxygens (including phenoxy) is 1. The molecule has 3 heteroatoms. The lowest BCUT2D eigenvalue weighted by atomic mass is 10.6. The summed E-state index contributed by atoms with van der Waals surface area (Å²) in [7, 11) is 2.02. The monoisotopic (exact) mass is 126 g/mol. The van der Waals surface area contributed by atoms with Crippen LogP contribution in [0.3, 0.4) is 0 Å². The number of rotatable bonds is 0. The molecule has 9 heavy (non-hydrogen) atoms. The summed E-state index contributed by atoms with van der Waals surface area (Å²) in [6, 6.07) is 0. The summed E-state index contributed by atoms with van der Waals surface area (Å²) in [6.07, 6.45) is 4.30. The van der Waals surface area contributed by atoms with Crippen LogP contribution in [-0.4, -0.2) is 36.4 Å². The summed E-state index contributed by atoms with van der Waals surface area (Å²) in [4.78, 5) is 4.24. The molecular formula is C6H10N2O. The fourth-order valence-electron chi connectivity index (χ4n) is 1.23. The molecule has 0 N–H and O–H groups in total. The summed E-state index contributed by atoms with van der Waals surface area (Å²) in [6.45, 7) is 1.89. The molecule has 50 valence electrons. The van der Waals surface area contributed by atoms with Gasteiger partial charge in [-0.25, -0.2) is 0 Å². The quantitative estimate of drug-likeness (QED) is 0.455. The maximum atomic E-state index is 5.38. The van der Waals surface area contributed by atoms with Gasteiger partial charge in [-0.3, -0.25) is 0 Å². The van der Waals surface area contributed by atoms with Gasteiger partial charge in [-0.05, 0) is 0 Å². The van der Waals surface area contributed by atoms with Crippen LogP contribution in [0.5, 0.6) is 0 Å². The third-order valence-electron chi connectivity index (χ3n) is 1.74. The van der Waals surface area contributed by atoms with E-state index in [9.17, 15) is 0 Å². The molecule has 2 aliphatic rings. The van der Waals surface area contributed by atoms with Gasteiger partial charge in [0.05, 0.1) is 6.61 Å². The first-order valence-corrected chi connectivity index (χ1v) is 3.15. The lowest BCUT2D eigenvalue weighted by molar-refractivity contribution is -0.0220. The molecule has 0 aromatic carbocycles. The maximum Gasteiger partial charge on any atom is 0.209 e. The summed E-state index contributed by atoms with van der Waals surface area (Å²) in [5, 5.41) is 0. The first-order valence-electron chi connectivity index (χ1n) is 3.15. The number of fused-ring (bicyclic) bond motifs is 1. The zero-order valence-corrected chi connectivity index (χ0v) is 5.45. The molecule has 3 nitrogen and oxygen atoms in total. The lowest BCUT2D eigenvalue weighted by Gasteiger charge is -2.20. The smallest absolute Gasteiger partial charge is 0.209 e. The van der Waals surface area contributed by atoms with Crippen molar-refractivity contribution in [2.45, 2.75) is 6.35 Å². The zero-order chi connectivity index (χ0) is 6.27. The highest BCUT2D eigenvalue weighted by Crippen LogP contribution is 2.18. The summed E-state index contributed by atoms with van der Waals surface area (Å²) >= 11 is 0. The van der Waals surface area contributed by atoms with E-state index in [1.54, 1.807) is 0 Å². The minimum absolute atomic E-state index is 0.199. The molecular weight excluding hydrogens is 116 g/mol. The highest BCUT2D eigenvalue weighted by atomic mass is 16.5. The van der Waals surface area contributed by atoms with Crippen molar-refractivity contribution in [1.29, 1.82) is 0 Å². The van der Waals surface area contributed by atoms with Crippen LogP contribution < -0.4 is 0 Å². The third-order valence-corrected chi connectivity index (χ3v) is 1.74. The molecule has 0 spiro atoms. The predicted octanol–water partition coefficient (Wildman–Crippen LogP) is 0.0188. The van der Waals surface area contributed by atoms with Gasteiger partial charge < -0.3 is 14.5 Å². The van der Waals surface area contributed by atoms with Crippen molar-refractivity contribution in [3.05, 3.63) is 12.4 Å². The van der Waals surface area contributed by atoms with Gasteiger partial charge in [0.15, 0.2) is 0 Å². The molecule has 0 amide bonds. The van der Waals surface area contributed by atoms with E-state index >= 15 is 0 Å². The van der Waals surface area contributed by atoms with Crippen molar-refractivity contribution in [3.8, 4) is 0 Å². The predicted molar refractivity (Wildman–Crippen MR) is 33.3 cm³/mol. The first kappa shape index (κ1) is 5.11. The molecule has 0 aromatic heterocycles. The minimum Gasteiger partial charge on any atom is -0.338 e.